The Bertz CT molecular complexity index is 609. The van der Waals surface area contributed by atoms with Gasteiger partial charge in [0.05, 0.1) is 6.04 Å². The average Bonchev–Trinajstić information content (AvgIpc) is 2.97. The topological polar surface area (TPSA) is 46.3 Å². The molecule has 1 fully saturated rings. The van der Waals surface area contributed by atoms with Crippen molar-refractivity contribution in [3.8, 4) is 0 Å². The second-order valence-corrected chi connectivity index (χ2v) is 5.19. The Morgan fingerprint density at radius 3 is 2.65 bits per heavy atom. The first kappa shape index (κ1) is 12.7. The van der Waals surface area contributed by atoms with Crippen LogP contribution < -0.4 is 5.73 Å². The first-order chi connectivity index (χ1) is 9.75. The number of anilines is 1. The summed E-state index contributed by atoms with van der Waals surface area (Å²) in [6, 6.07) is 17.5. The molecule has 102 valence electrons. The number of nitrogen functional groups attached to an aromatic ring is 1. The number of rotatable bonds is 2. The van der Waals surface area contributed by atoms with Crippen LogP contribution in [-0.2, 0) is 0 Å². The van der Waals surface area contributed by atoms with E-state index in [4.69, 9.17) is 5.73 Å². The lowest BCUT2D eigenvalue weighted by atomic mass is 10.0. The van der Waals surface area contributed by atoms with Gasteiger partial charge < -0.3 is 10.6 Å². The summed E-state index contributed by atoms with van der Waals surface area (Å²) in [5.41, 5.74) is 8.49. The predicted molar refractivity (Wildman–Crippen MR) is 80.3 cm³/mol. The van der Waals surface area contributed by atoms with Gasteiger partial charge in [0.25, 0.3) is 5.91 Å². The fourth-order valence-corrected chi connectivity index (χ4v) is 2.87. The minimum absolute atomic E-state index is 0.107. The first-order valence-electron chi connectivity index (χ1n) is 6.97. The third kappa shape index (κ3) is 2.39. The third-order valence-corrected chi connectivity index (χ3v) is 3.83. The second kappa shape index (κ2) is 5.37. The summed E-state index contributed by atoms with van der Waals surface area (Å²) in [6.45, 7) is 0.813. The van der Waals surface area contributed by atoms with Crippen molar-refractivity contribution in [2.24, 2.45) is 0 Å². The SMILES string of the molecule is Nc1cccc(C2CCCN2C(=O)c2ccccc2)c1. The van der Waals surface area contributed by atoms with E-state index in [1.807, 2.05) is 53.4 Å². The zero-order valence-corrected chi connectivity index (χ0v) is 11.3. The maximum absolute atomic E-state index is 12.6. The molecule has 3 rings (SSSR count). The highest BCUT2D eigenvalue weighted by Crippen LogP contribution is 2.33. The average molecular weight is 266 g/mol. The molecular formula is C17H18N2O. The van der Waals surface area contributed by atoms with Gasteiger partial charge >= 0.3 is 0 Å². The molecule has 3 nitrogen and oxygen atoms in total. The van der Waals surface area contributed by atoms with Crippen molar-refractivity contribution in [2.75, 3.05) is 12.3 Å². The van der Waals surface area contributed by atoms with E-state index in [0.29, 0.717) is 0 Å². The van der Waals surface area contributed by atoms with Gasteiger partial charge in [-0.05, 0) is 42.7 Å². The molecule has 1 aliphatic heterocycles. The van der Waals surface area contributed by atoms with E-state index < -0.39 is 0 Å². The Hall–Kier alpha value is -2.29. The molecule has 1 aliphatic rings. The molecule has 3 heteroatoms. The normalized spacial score (nSPS) is 18.2. The fraction of sp³-hybridized carbons (Fsp3) is 0.235. The third-order valence-electron chi connectivity index (χ3n) is 3.83. The van der Waals surface area contributed by atoms with Gasteiger partial charge in [0.1, 0.15) is 0 Å². The van der Waals surface area contributed by atoms with Gasteiger partial charge in [-0.25, -0.2) is 0 Å². The van der Waals surface area contributed by atoms with Crippen molar-refractivity contribution in [3.05, 3.63) is 65.7 Å². The minimum atomic E-state index is 0.107. The van der Waals surface area contributed by atoms with Gasteiger partial charge in [0, 0.05) is 17.8 Å². The number of carbonyl (C=O) groups excluding carboxylic acids is 1. The largest absolute Gasteiger partial charge is 0.399 e. The van der Waals surface area contributed by atoms with Gasteiger partial charge in [-0.15, -0.1) is 0 Å². The van der Waals surface area contributed by atoms with Crippen molar-refractivity contribution in [3.63, 3.8) is 0 Å². The van der Waals surface area contributed by atoms with Crippen LogP contribution in [0.3, 0.4) is 0 Å². The van der Waals surface area contributed by atoms with Gasteiger partial charge in [0.2, 0.25) is 0 Å². The number of carbonyl (C=O) groups is 1. The molecule has 0 saturated carbocycles. The van der Waals surface area contributed by atoms with Crippen molar-refractivity contribution in [1.82, 2.24) is 4.90 Å². The summed E-state index contributed by atoms with van der Waals surface area (Å²) in [4.78, 5) is 14.6. The van der Waals surface area contributed by atoms with E-state index >= 15 is 0 Å². The summed E-state index contributed by atoms with van der Waals surface area (Å²) < 4.78 is 0. The van der Waals surface area contributed by atoms with Crippen LogP contribution in [-0.4, -0.2) is 17.4 Å². The van der Waals surface area contributed by atoms with Crippen LogP contribution in [0.25, 0.3) is 0 Å². The summed E-state index contributed by atoms with van der Waals surface area (Å²) >= 11 is 0. The van der Waals surface area contributed by atoms with Crippen LogP contribution in [0.1, 0.15) is 34.8 Å². The molecule has 0 aromatic heterocycles. The lowest BCUT2D eigenvalue weighted by Crippen LogP contribution is -2.30. The highest BCUT2D eigenvalue weighted by atomic mass is 16.2. The predicted octanol–water partition coefficient (Wildman–Crippen LogP) is 3.25. The van der Waals surface area contributed by atoms with Crippen LogP contribution in [0, 0.1) is 0 Å². The molecule has 0 radical (unpaired) electrons. The molecule has 1 atom stereocenters. The number of hydrogen-bond donors (Lipinski definition) is 1. The van der Waals surface area contributed by atoms with Crippen LogP contribution in [0.15, 0.2) is 54.6 Å². The lowest BCUT2D eigenvalue weighted by molar-refractivity contribution is 0.0735. The zero-order valence-electron chi connectivity index (χ0n) is 11.3. The Labute approximate surface area is 119 Å². The molecule has 0 bridgehead atoms. The molecule has 1 amide bonds. The number of nitrogens with zero attached hydrogens (tertiary/aromatic N) is 1. The molecule has 20 heavy (non-hydrogen) atoms. The molecule has 2 aromatic carbocycles. The lowest BCUT2D eigenvalue weighted by Gasteiger charge is -2.25. The Balaban J connectivity index is 1.88. The van der Waals surface area contributed by atoms with Gasteiger partial charge in [-0.3, -0.25) is 4.79 Å². The standard InChI is InChI=1S/C17H18N2O/c18-15-9-4-8-14(12-15)16-10-5-11-19(16)17(20)13-6-2-1-3-7-13/h1-4,6-9,12,16H,5,10-11,18H2. The minimum Gasteiger partial charge on any atom is -0.399 e. The molecule has 2 N–H and O–H groups in total. The van der Waals surface area contributed by atoms with Gasteiger partial charge in [-0.2, -0.15) is 0 Å². The summed E-state index contributed by atoms with van der Waals surface area (Å²) in [7, 11) is 0. The highest BCUT2D eigenvalue weighted by Gasteiger charge is 2.30. The number of hydrogen-bond acceptors (Lipinski definition) is 2. The summed E-state index contributed by atoms with van der Waals surface area (Å²) in [5.74, 6) is 0.107. The van der Waals surface area contributed by atoms with Crippen molar-refractivity contribution >= 4 is 11.6 Å². The molecule has 0 aliphatic carbocycles. The first-order valence-corrected chi connectivity index (χ1v) is 6.97. The van der Waals surface area contributed by atoms with Crippen LogP contribution in [0.5, 0.6) is 0 Å². The van der Waals surface area contributed by atoms with Crippen LogP contribution in [0.4, 0.5) is 5.69 Å². The number of amides is 1. The van der Waals surface area contributed by atoms with Crippen LogP contribution >= 0.6 is 0 Å². The number of benzene rings is 2. The van der Waals surface area contributed by atoms with E-state index in [2.05, 4.69) is 6.07 Å². The Morgan fingerprint density at radius 1 is 1.10 bits per heavy atom. The highest BCUT2D eigenvalue weighted by molar-refractivity contribution is 5.94. The van der Waals surface area contributed by atoms with Crippen LogP contribution in [0.2, 0.25) is 0 Å². The van der Waals surface area contributed by atoms with E-state index in [9.17, 15) is 4.79 Å². The molecule has 1 saturated heterocycles. The quantitative estimate of drug-likeness (QED) is 0.848. The van der Waals surface area contributed by atoms with E-state index in [1.165, 1.54) is 0 Å². The van der Waals surface area contributed by atoms with E-state index in [-0.39, 0.29) is 11.9 Å². The summed E-state index contributed by atoms with van der Waals surface area (Å²) in [6.07, 6.45) is 2.04. The number of likely N-dealkylation sites (tertiary alicyclic amines) is 1. The van der Waals surface area contributed by atoms with Crippen molar-refractivity contribution in [2.45, 2.75) is 18.9 Å². The fourth-order valence-electron chi connectivity index (χ4n) is 2.87. The van der Waals surface area contributed by atoms with E-state index in [1.54, 1.807) is 0 Å². The van der Waals surface area contributed by atoms with Gasteiger partial charge in [0.15, 0.2) is 0 Å². The van der Waals surface area contributed by atoms with Crippen molar-refractivity contribution in [1.29, 1.82) is 0 Å². The van der Waals surface area contributed by atoms with Gasteiger partial charge in [-0.1, -0.05) is 30.3 Å². The zero-order chi connectivity index (χ0) is 13.9. The maximum atomic E-state index is 12.6. The second-order valence-electron chi connectivity index (χ2n) is 5.19. The molecule has 0 spiro atoms. The molecule has 1 heterocycles. The molecule has 1 unspecified atom stereocenters. The monoisotopic (exact) mass is 266 g/mol. The van der Waals surface area contributed by atoms with Crippen molar-refractivity contribution < 1.29 is 4.79 Å². The Morgan fingerprint density at radius 2 is 1.90 bits per heavy atom. The van der Waals surface area contributed by atoms with E-state index in [0.717, 1.165) is 36.2 Å². The Kier molecular flexibility index (Phi) is 3.42. The molecule has 2 aromatic rings. The maximum Gasteiger partial charge on any atom is 0.254 e. The summed E-state index contributed by atoms with van der Waals surface area (Å²) in [5, 5.41) is 0. The number of nitrogens with two attached hydrogens (primary N) is 1. The molecular weight excluding hydrogens is 248 g/mol. The smallest absolute Gasteiger partial charge is 0.254 e.